The summed E-state index contributed by atoms with van der Waals surface area (Å²) < 4.78 is 0. The maximum atomic E-state index is 12.0. The Bertz CT molecular complexity index is 831. The van der Waals surface area contributed by atoms with E-state index < -0.39 is 4.92 Å². The van der Waals surface area contributed by atoms with Crippen molar-refractivity contribution >= 4 is 40.3 Å². The zero-order chi connectivity index (χ0) is 16.2. The lowest BCUT2D eigenvalue weighted by atomic mass is 10.1. The summed E-state index contributed by atoms with van der Waals surface area (Å²) in [7, 11) is 0. The largest absolute Gasteiger partial charge is 0.300 e. The van der Waals surface area contributed by atoms with E-state index in [0.717, 1.165) is 17.4 Å². The van der Waals surface area contributed by atoms with Crippen molar-refractivity contribution in [2.45, 2.75) is 0 Å². The van der Waals surface area contributed by atoms with E-state index in [9.17, 15) is 14.9 Å². The van der Waals surface area contributed by atoms with Crippen LogP contribution in [-0.4, -0.2) is 16.0 Å². The Hall–Kier alpha value is -2.93. The van der Waals surface area contributed by atoms with Crippen LogP contribution >= 0.6 is 11.8 Å². The van der Waals surface area contributed by atoms with E-state index >= 15 is 0 Å². The standard InChI is InChI=1S/C16H11N3O3S/c20-15-14(10-11-6-4-5-9-13(11)19(21)22)23-16(18-15)17-12-7-2-1-3-8-12/h1-10H,(H,17,18,20)/b14-10-. The fourth-order valence-corrected chi connectivity index (χ4v) is 2.85. The third-order valence-electron chi connectivity index (χ3n) is 3.06. The average Bonchev–Trinajstić information content (AvgIpc) is 2.88. The van der Waals surface area contributed by atoms with Gasteiger partial charge in [0.2, 0.25) is 0 Å². The molecule has 6 nitrogen and oxygen atoms in total. The SMILES string of the molecule is O=C1NC(=Nc2ccccc2)S/C1=C\c1ccccc1[N+](=O)[O-]. The number of nitrogens with zero attached hydrogens (tertiary/aromatic N) is 2. The molecule has 23 heavy (non-hydrogen) atoms. The number of thioether (sulfide) groups is 1. The first kappa shape index (κ1) is 15.0. The molecule has 1 fully saturated rings. The van der Waals surface area contributed by atoms with Crippen molar-refractivity contribution in [2.24, 2.45) is 4.99 Å². The summed E-state index contributed by atoms with van der Waals surface area (Å²) in [5, 5.41) is 14.1. The fraction of sp³-hybridized carbons (Fsp3) is 0. The minimum atomic E-state index is -0.469. The van der Waals surface area contributed by atoms with E-state index in [0.29, 0.717) is 15.6 Å². The van der Waals surface area contributed by atoms with Crippen molar-refractivity contribution in [2.75, 3.05) is 0 Å². The molecule has 0 spiro atoms. The Labute approximate surface area is 136 Å². The summed E-state index contributed by atoms with van der Waals surface area (Å²) in [6.07, 6.45) is 1.51. The van der Waals surface area contributed by atoms with E-state index in [2.05, 4.69) is 10.3 Å². The first-order valence-corrected chi connectivity index (χ1v) is 7.53. The third-order valence-corrected chi connectivity index (χ3v) is 3.97. The van der Waals surface area contributed by atoms with Crippen LogP contribution in [0.1, 0.15) is 5.56 Å². The van der Waals surface area contributed by atoms with Gasteiger partial charge in [-0.25, -0.2) is 4.99 Å². The van der Waals surface area contributed by atoms with Crippen molar-refractivity contribution < 1.29 is 9.72 Å². The van der Waals surface area contributed by atoms with Gasteiger partial charge in [-0.3, -0.25) is 14.9 Å². The Balaban J connectivity index is 1.89. The number of hydrogen-bond donors (Lipinski definition) is 1. The molecule has 1 heterocycles. The van der Waals surface area contributed by atoms with E-state index in [1.807, 2.05) is 30.3 Å². The summed E-state index contributed by atoms with van der Waals surface area (Å²) >= 11 is 1.16. The molecule has 1 amide bonds. The summed E-state index contributed by atoms with van der Waals surface area (Å²) in [4.78, 5) is 27.3. The Kier molecular flexibility index (Phi) is 4.20. The highest BCUT2D eigenvalue weighted by Crippen LogP contribution is 2.30. The molecule has 0 bridgehead atoms. The van der Waals surface area contributed by atoms with Gasteiger partial charge >= 0.3 is 0 Å². The topological polar surface area (TPSA) is 84.6 Å². The lowest BCUT2D eigenvalue weighted by molar-refractivity contribution is -0.385. The van der Waals surface area contributed by atoms with Crippen molar-refractivity contribution in [1.82, 2.24) is 5.32 Å². The molecule has 0 aromatic heterocycles. The highest BCUT2D eigenvalue weighted by Gasteiger charge is 2.25. The zero-order valence-corrected chi connectivity index (χ0v) is 12.6. The summed E-state index contributed by atoms with van der Waals surface area (Å²) in [5.41, 5.74) is 1.07. The maximum Gasteiger partial charge on any atom is 0.276 e. The molecule has 2 aromatic rings. The smallest absolute Gasteiger partial charge is 0.276 e. The van der Waals surface area contributed by atoms with E-state index in [4.69, 9.17) is 0 Å². The summed E-state index contributed by atoms with van der Waals surface area (Å²) in [6, 6.07) is 15.5. The van der Waals surface area contributed by atoms with Gasteiger partial charge in [0.25, 0.3) is 11.6 Å². The Morgan fingerprint density at radius 3 is 2.52 bits per heavy atom. The monoisotopic (exact) mass is 325 g/mol. The molecule has 0 saturated carbocycles. The van der Waals surface area contributed by atoms with Crippen LogP contribution in [0.25, 0.3) is 6.08 Å². The molecule has 3 rings (SSSR count). The molecule has 0 unspecified atom stereocenters. The van der Waals surface area contributed by atoms with E-state index in [-0.39, 0.29) is 11.6 Å². The van der Waals surface area contributed by atoms with Crippen molar-refractivity contribution in [3.63, 3.8) is 0 Å². The average molecular weight is 325 g/mol. The zero-order valence-electron chi connectivity index (χ0n) is 11.8. The highest BCUT2D eigenvalue weighted by molar-refractivity contribution is 8.18. The molecule has 0 atom stereocenters. The molecule has 0 radical (unpaired) electrons. The number of nitro groups is 1. The van der Waals surface area contributed by atoms with Gasteiger partial charge in [-0.15, -0.1) is 0 Å². The lowest BCUT2D eigenvalue weighted by Gasteiger charge is -1.97. The van der Waals surface area contributed by atoms with E-state index in [1.54, 1.807) is 18.2 Å². The quantitative estimate of drug-likeness (QED) is 0.532. The van der Waals surface area contributed by atoms with Gasteiger partial charge in [0.05, 0.1) is 21.1 Å². The van der Waals surface area contributed by atoms with Gasteiger partial charge in [0, 0.05) is 6.07 Å². The number of amides is 1. The van der Waals surface area contributed by atoms with Crippen LogP contribution in [0.3, 0.4) is 0 Å². The second-order valence-corrected chi connectivity index (χ2v) is 5.66. The lowest BCUT2D eigenvalue weighted by Crippen LogP contribution is -2.19. The Morgan fingerprint density at radius 2 is 1.78 bits per heavy atom. The minimum Gasteiger partial charge on any atom is -0.300 e. The number of nitrogens with one attached hydrogen (secondary N) is 1. The second-order valence-electron chi connectivity index (χ2n) is 4.63. The van der Waals surface area contributed by atoms with Crippen molar-refractivity contribution in [1.29, 1.82) is 0 Å². The number of nitro benzene ring substituents is 1. The van der Waals surface area contributed by atoms with Gasteiger partial charge < -0.3 is 5.32 Å². The molecule has 2 aromatic carbocycles. The minimum absolute atomic E-state index is 0.0400. The number of carbonyl (C=O) groups excluding carboxylic acids is 1. The predicted molar refractivity (Wildman–Crippen MR) is 90.3 cm³/mol. The molecule has 1 saturated heterocycles. The van der Waals surface area contributed by atoms with Crippen molar-refractivity contribution in [3.8, 4) is 0 Å². The Morgan fingerprint density at radius 1 is 1.09 bits per heavy atom. The van der Waals surface area contributed by atoms with Gasteiger partial charge in [-0.2, -0.15) is 0 Å². The van der Waals surface area contributed by atoms with Crippen LogP contribution in [0.4, 0.5) is 11.4 Å². The fourth-order valence-electron chi connectivity index (χ4n) is 2.02. The second kappa shape index (κ2) is 6.45. The number of hydrogen-bond acceptors (Lipinski definition) is 5. The van der Waals surface area contributed by atoms with Gasteiger partial charge in [0.15, 0.2) is 5.17 Å². The van der Waals surface area contributed by atoms with E-state index in [1.165, 1.54) is 12.1 Å². The molecule has 1 N–H and O–H groups in total. The first-order valence-electron chi connectivity index (χ1n) is 6.71. The molecule has 7 heteroatoms. The number of amidine groups is 1. The number of aliphatic imine (C=N–C) groups is 1. The number of para-hydroxylation sites is 2. The van der Waals surface area contributed by atoms with Gasteiger partial charge in [-0.05, 0) is 36.0 Å². The molecule has 0 aliphatic carbocycles. The normalized spacial score (nSPS) is 17.5. The molecular weight excluding hydrogens is 314 g/mol. The number of carbonyl (C=O) groups is 1. The predicted octanol–water partition coefficient (Wildman–Crippen LogP) is 3.49. The van der Waals surface area contributed by atoms with Gasteiger partial charge in [0.1, 0.15) is 0 Å². The van der Waals surface area contributed by atoms with Crippen LogP contribution in [0, 0.1) is 10.1 Å². The van der Waals surface area contributed by atoms with Crippen LogP contribution in [0.2, 0.25) is 0 Å². The van der Waals surface area contributed by atoms with Crippen LogP contribution in [-0.2, 0) is 4.79 Å². The van der Waals surface area contributed by atoms with Crippen LogP contribution in [0.15, 0.2) is 64.5 Å². The van der Waals surface area contributed by atoms with Crippen LogP contribution in [0.5, 0.6) is 0 Å². The molecular formula is C16H11N3O3S. The first-order chi connectivity index (χ1) is 11.1. The molecule has 1 aliphatic heterocycles. The maximum absolute atomic E-state index is 12.0. The highest BCUT2D eigenvalue weighted by atomic mass is 32.2. The number of benzene rings is 2. The molecule has 114 valence electrons. The molecule has 1 aliphatic rings. The third kappa shape index (κ3) is 3.46. The van der Waals surface area contributed by atoms with Crippen LogP contribution < -0.4 is 5.32 Å². The number of rotatable bonds is 3. The van der Waals surface area contributed by atoms with Gasteiger partial charge in [-0.1, -0.05) is 30.3 Å². The van der Waals surface area contributed by atoms with Crippen molar-refractivity contribution in [3.05, 3.63) is 75.2 Å². The summed E-state index contributed by atoms with van der Waals surface area (Å²) in [5.74, 6) is -0.317. The summed E-state index contributed by atoms with van der Waals surface area (Å²) in [6.45, 7) is 0.